The van der Waals surface area contributed by atoms with Crippen LogP contribution in [0.3, 0.4) is 0 Å². The van der Waals surface area contributed by atoms with Gasteiger partial charge in [-0.15, -0.1) is 11.3 Å². The smallest absolute Gasteiger partial charge is 0.124 e. The minimum atomic E-state index is 0.414. The van der Waals surface area contributed by atoms with Crippen LogP contribution >= 0.6 is 11.3 Å². The highest BCUT2D eigenvalue weighted by Crippen LogP contribution is 2.32. The number of nitrogens with one attached hydrogen (secondary N) is 1. The van der Waals surface area contributed by atoms with E-state index in [-0.39, 0.29) is 0 Å². The SMILES string of the molecule is CCc1ccc(CNC2CCOc3ccccc32)s1. The molecule has 0 saturated carbocycles. The van der Waals surface area contributed by atoms with Crippen molar-refractivity contribution in [3.63, 3.8) is 0 Å². The number of para-hydroxylation sites is 1. The van der Waals surface area contributed by atoms with E-state index in [4.69, 9.17) is 4.74 Å². The summed E-state index contributed by atoms with van der Waals surface area (Å²) in [6, 6.07) is 13.2. The van der Waals surface area contributed by atoms with Gasteiger partial charge in [-0.25, -0.2) is 0 Å². The molecular formula is C16H19NOS. The predicted molar refractivity (Wildman–Crippen MR) is 79.8 cm³/mol. The Morgan fingerprint density at radius 2 is 2.05 bits per heavy atom. The average molecular weight is 273 g/mol. The monoisotopic (exact) mass is 273 g/mol. The van der Waals surface area contributed by atoms with E-state index in [0.717, 1.165) is 31.7 Å². The minimum Gasteiger partial charge on any atom is -0.493 e. The number of rotatable bonds is 4. The molecule has 0 fully saturated rings. The molecule has 19 heavy (non-hydrogen) atoms. The van der Waals surface area contributed by atoms with Crippen molar-refractivity contribution in [3.8, 4) is 5.75 Å². The molecule has 100 valence electrons. The molecule has 0 bridgehead atoms. The van der Waals surface area contributed by atoms with Crippen LogP contribution in [0.4, 0.5) is 0 Å². The molecule has 1 aliphatic heterocycles. The average Bonchev–Trinajstić information content (AvgIpc) is 2.93. The second-order valence-electron chi connectivity index (χ2n) is 4.83. The fourth-order valence-corrected chi connectivity index (χ4v) is 3.39. The zero-order chi connectivity index (χ0) is 13.1. The van der Waals surface area contributed by atoms with Crippen LogP contribution in [0.15, 0.2) is 36.4 Å². The van der Waals surface area contributed by atoms with Crippen molar-refractivity contribution in [3.05, 3.63) is 51.7 Å². The summed E-state index contributed by atoms with van der Waals surface area (Å²) in [6.45, 7) is 3.96. The molecule has 0 aliphatic carbocycles. The first-order valence-corrected chi connectivity index (χ1v) is 7.71. The molecule has 3 rings (SSSR count). The largest absolute Gasteiger partial charge is 0.493 e. The van der Waals surface area contributed by atoms with Gasteiger partial charge in [-0.2, -0.15) is 0 Å². The van der Waals surface area contributed by atoms with E-state index in [2.05, 4.69) is 42.6 Å². The lowest BCUT2D eigenvalue weighted by Crippen LogP contribution is -2.26. The summed E-state index contributed by atoms with van der Waals surface area (Å²) in [4.78, 5) is 2.88. The van der Waals surface area contributed by atoms with E-state index in [1.54, 1.807) is 0 Å². The van der Waals surface area contributed by atoms with Gasteiger partial charge < -0.3 is 10.1 Å². The molecule has 0 saturated heterocycles. The van der Waals surface area contributed by atoms with Crippen LogP contribution in [0.25, 0.3) is 0 Å². The molecule has 2 nitrogen and oxygen atoms in total. The third kappa shape index (κ3) is 2.82. The summed E-state index contributed by atoms with van der Waals surface area (Å²) in [5.41, 5.74) is 1.29. The fourth-order valence-electron chi connectivity index (χ4n) is 2.49. The minimum absolute atomic E-state index is 0.414. The molecule has 1 unspecified atom stereocenters. The van der Waals surface area contributed by atoms with Crippen molar-refractivity contribution in [2.75, 3.05) is 6.61 Å². The molecule has 2 aromatic rings. The fraction of sp³-hybridized carbons (Fsp3) is 0.375. The Kier molecular flexibility index (Phi) is 3.85. The number of fused-ring (bicyclic) bond motifs is 1. The lowest BCUT2D eigenvalue weighted by molar-refractivity contribution is 0.252. The van der Waals surface area contributed by atoms with Gasteiger partial charge in [0.15, 0.2) is 0 Å². The van der Waals surface area contributed by atoms with Crippen LogP contribution in [-0.4, -0.2) is 6.61 Å². The van der Waals surface area contributed by atoms with Gasteiger partial charge in [0.25, 0.3) is 0 Å². The maximum atomic E-state index is 5.69. The molecule has 1 aromatic heterocycles. The van der Waals surface area contributed by atoms with Crippen LogP contribution in [0.5, 0.6) is 5.75 Å². The van der Waals surface area contributed by atoms with E-state index in [1.807, 2.05) is 17.4 Å². The first-order chi connectivity index (χ1) is 9.36. The number of ether oxygens (including phenoxy) is 1. The Labute approximate surface area is 118 Å². The second-order valence-corrected chi connectivity index (χ2v) is 6.08. The molecule has 3 heteroatoms. The lowest BCUT2D eigenvalue weighted by atomic mass is 10.0. The number of hydrogen-bond donors (Lipinski definition) is 1. The van der Waals surface area contributed by atoms with E-state index in [1.165, 1.54) is 15.3 Å². The Hall–Kier alpha value is -1.32. The molecule has 0 spiro atoms. The summed E-state index contributed by atoms with van der Waals surface area (Å²) in [7, 11) is 0. The van der Waals surface area contributed by atoms with Crippen LogP contribution in [0.2, 0.25) is 0 Å². The van der Waals surface area contributed by atoms with E-state index in [0.29, 0.717) is 6.04 Å². The van der Waals surface area contributed by atoms with E-state index in [9.17, 15) is 0 Å². The number of aryl methyl sites for hydroxylation is 1. The highest BCUT2D eigenvalue weighted by molar-refractivity contribution is 7.11. The second kappa shape index (κ2) is 5.76. The first kappa shape index (κ1) is 12.7. The lowest BCUT2D eigenvalue weighted by Gasteiger charge is -2.26. The molecule has 1 aromatic carbocycles. The highest BCUT2D eigenvalue weighted by atomic mass is 32.1. The summed E-state index contributed by atoms with van der Waals surface area (Å²) in [5, 5.41) is 3.66. The zero-order valence-corrected chi connectivity index (χ0v) is 12.0. The van der Waals surface area contributed by atoms with E-state index < -0.39 is 0 Å². The van der Waals surface area contributed by atoms with Crippen molar-refractivity contribution in [1.29, 1.82) is 0 Å². The van der Waals surface area contributed by atoms with Gasteiger partial charge in [-0.05, 0) is 24.6 Å². The summed E-state index contributed by atoms with van der Waals surface area (Å²) >= 11 is 1.91. The summed E-state index contributed by atoms with van der Waals surface area (Å²) in [6.07, 6.45) is 2.17. The maximum Gasteiger partial charge on any atom is 0.124 e. The topological polar surface area (TPSA) is 21.3 Å². The van der Waals surface area contributed by atoms with Crippen LogP contribution in [-0.2, 0) is 13.0 Å². The summed E-state index contributed by atoms with van der Waals surface area (Å²) in [5.74, 6) is 1.03. The van der Waals surface area contributed by atoms with Crippen LogP contribution < -0.4 is 10.1 Å². The Bertz CT molecular complexity index is 549. The van der Waals surface area contributed by atoms with Crippen LogP contribution in [0, 0.1) is 0 Å². The third-order valence-corrected chi connectivity index (χ3v) is 4.78. The molecular weight excluding hydrogens is 254 g/mol. The normalized spacial score (nSPS) is 17.8. The van der Waals surface area contributed by atoms with Gasteiger partial charge in [0, 0.05) is 34.3 Å². The molecule has 1 atom stereocenters. The number of benzene rings is 1. The van der Waals surface area contributed by atoms with Gasteiger partial charge in [-0.3, -0.25) is 0 Å². The summed E-state index contributed by atoms with van der Waals surface area (Å²) < 4.78 is 5.69. The van der Waals surface area contributed by atoms with Crippen molar-refractivity contribution in [2.24, 2.45) is 0 Å². The molecule has 1 aliphatic rings. The Balaban J connectivity index is 1.68. The maximum absolute atomic E-state index is 5.69. The van der Waals surface area contributed by atoms with Crippen LogP contribution in [0.1, 0.15) is 34.7 Å². The third-order valence-electron chi connectivity index (χ3n) is 3.55. The van der Waals surface area contributed by atoms with Gasteiger partial charge in [0.05, 0.1) is 6.61 Å². The van der Waals surface area contributed by atoms with Crippen molar-refractivity contribution in [2.45, 2.75) is 32.4 Å². The zero-order valence-electron chi connectivity index (χ0n) is 11.2. The standard InChI is InChI=1S/C16H19NOS/c1-2-12-7-8-13(19-12)11-17-15-9-10-18-16-6-4-3-5-14(15)16/h3-8,15,17H,2,9-11H2,1H3. The van der Waals surface area contributed by atoms with Gasteiger partial charge >= 0.3 is 0 Å². The van der Waals surface area contributed by atoms with Gasteiger partial charge in [0.2, 0.25) is 0 Å². The van der Waals surface area contributed by atoms with Gasteiger partial charge in [-0.1, -0.05) is 25.1 Å². The quantitative estimate of drug-likeness (QED) is 0.911. The first-order valence-electron chi connectivity index (χ1n) is 6.89. The highest BCUT2D eigenvalue weighted by Gasteiger charge is 2.20. The van der Waals surface area contributed by atoms with Gasteiger partial charge in [0.1, 0.15) is 5.75 Å². The molecule has 0 amide bonds. The Morgan fingerprint density at radius 3 is 2.89 bits per heavy atom. The van der Waals surface area contributed by atoms with Crippen molar-refractivity contribution >= 4 is 11.3 Å². The predicted octanol–water partition coefficient (Wildman–Crippen LogP) is 3.92. The Morgan fingerprint density at radius 1 is 1.21 bits per heavy atom. The molecule has 0 radical (unpaired) electrons. The van der Waals surface area contributed by atoms with Crippen molar-refractivity contribution in [1.82, 2.24) is 5.32 Å². The molecule has 1 N–H and O–H groups in total. The number of thiophene rings is 1. The van der Waals surface area contributed by atoms with Crippen molar-refractivity contribution < 1.29 is 4.74 Å². The number of hydrogen-bond acceptors (Lipinski definition) is 3. The molecule has 2 heterocycles. The van der Waals surface area contributed by atoms with E-state index >= 15 is 0 Å².